The quantitative estimate of drug-likeness (QED) is 0.744. The molecule has 1 nitrogen and oxygen atoms in total. The molecule has 66 valence electrons. The first-order valence-electron chi connectivity index (χ1n) is 3.99. The standard InChI is InChI=1S/C9H12BrNS/c1-3-8-6-11-9(12-8)5-4-7(2)10/h4-7H,3H2,1-2H3/b5-4+. The van der Waals surface area contributed by atoms with Gasteiger partial charge in [0, 0.05) is 15.9 Å². The summed E-state index contributed by atoms with van der Waals surface area (Å²) in [5.74, 6) is 0. The Morgan fingerprint density at radius 2 is 2.50 bits per heavy atom. The molecule has 0 fully saturated rings. The smallest absolute Gasteiger partial charge is 0.115 e. The van der Waals surface area contributed by atoms with Gasteiger partial charge in [0.05, 0.1) is 0 Å². The minimum atomic E-state index is 0.423. The van der Waals surface area contributed by atoms with Gasteiger partial charge in [0.1, 0.15) is 5.01 Å². The first kappa shape index (κ1) is 9.93. The first-order chi connectivity index (χ1) is 5.72. The summed E-state index contributed by atoms with van der Waals surface area (Å²) in [4.78, 5) is 6.04. The van der Waals surface area contributed by atoms with Crippen LogP contribution in [0.2, 0.25) is 0 Å². The van der Waals surface area contributed by atoms with E-state index in [0.29, 0.717) is 4.83 Å². The minimum Gasteiger partial charge on any atom is -0.245 e. The van der Waals surface area contributed by atoms with Gasteiger partial charge in [0.2, 0.25) is 0 Å². The van der Waals surface area contributed by atoms with Crippen LogP contribution in [-0.4, -0.2) is 9.81 Å². The van der Waals surface area contributed by atoms with E-state index < -0.39 is 0 Å². The van der Waals surface area contributed by atoms with E-state index in [1.165, 1.54) is 4.88 Å². The molecule has 1 aromatic heterocycles. The van der Waals surface area contributed by atoms with Crippen LogP contribution in [0.25, 0.3) is 6.08 Å². The monoisotopic (exact) mass is 245 g/mol. The summed E-state index contributed by atoms with van der Waals surface area (Å²) in [6.45, 7) is 4.24. The van der Waals surface area contributed by atoms with E-state index in [1.54, 1.807) is 11.3 Å². The van der Waals surface area contributed by atoms with Gasteiger partial charge in [-0.1, -0.05) is 28.9 Å². The van der Waals surface area contributed by atoms with Gasteiger partial charge in [-0.3, -0.25) is 0 Å². The Morgan fingerprint density at radius 3 is 3.00 bits per heavy atom. The van der Waals surface area contributed by atoms with Crippen molar-refractivity contribution in [1.29, 1.82) is 0 Å². The third kappa shape index (κ3) is 3.07. The minimum absolute atomic E-state index is 0.423. The lowest BCUT2D eigenvalue weighted by Gasteiger charge is -1.88. The maximum Gasteiger partial charge on any atom is 0.115 e. The summed E-state index contributed by atoms with van der Waals surface area (Å²) >= 11 is 5.20. The van der Waals surface area contributed by atoms with Gasteiger partial charge in [-0.05, 0) is 19.4 Å². The molecule has 3 heteroatoms. The number of thiazole rings is 1. The van der Waals surface area contributed by atoms with Crippen LogP contribution in [0.5, 0.6) is 0 Å². The molecule has 0 spiro atoms. The van der Waals surface area contributed by atoms with E-state index in [1.807, 2.05) is 6.20 Å². The predicted octanol–water partition coefficient (Wildman–Crippen LogP) is 3.50. The fourth-order valence-corrected chi connectivity index (χ4v) is 1.70. The molecule has 1 rings (SSSR count). The zero-order valence-electron chi connectivity index (χ0n) is 7.25. The number of aromatic nitrogens is 1. The summed E-state index contributed by atoms with van der Waals surface area (Å²) < 4.78 is 0. The third-order valence-electron chi connectivity index (χ3n) is 1.42. The van der Waals surface area contributed by atoms with Gasteiger partial charge < -0.3 is 0 Å². The van der Waals surface area contributed by atoms with Gasteiger partial charge in [0.25, 0.3) is 0 Å². The van der Waals surface area contributed by atoms with Crippen LogP contribution in [0.1, 0.15) is 23.7 Å². The molecule has 0 amide bonds. The molecule has 1 heterocycles. The number of alkyl halides is 1. The molecule has 0 aliphatic heterocycles. The number of hydrogen-bond acceptors (Lipinski definition) is 2. The highest BCUT2D eigenvalue weighted by Crippen LogP contribution is 2.15. The molecule has 0 aromatic carbocycles. The van der Waals surface area contributed by atoms with Crippen molar-refractivity contribution in [3.8, 4) is 0 Å². The number of halogens is 1. The van der Waals surface area contributed by atoms with Crippen LogP contribution in [0.4, 0.5) is 0 Å². The van der Waals surface area contributed by atoms with Gasteiger partial charge in [0.15, 0.2) is 0 Å². The zero-order valence-corrected chi connectivity index (χ0v) is 9.65. The number of rotatable bonds is 3. The van der Waals surface area contributed by atoms with Crippen molar-refractivity contribution in [3.63, 3.8) is 0 Å². The highest BCUT2D eigenvalue weighted by molar-refractivity contribution is 9.09. The van der Waals surface area contributed by atoms with Crippen molar-refractivity contribution >= 4 is 33.3 Å². The molecule has 1 unspecified atom stereocenters. The second kappa shape index (κ2) is 4.77. The van der Waals surface area contributed by atoms with Crippen molar-refractivity contribution in [2.45, 2.75) is 25.1 Å². The predicted molar refractivity (Wildman–Crippen MR) is 58.9 cm³/mol. The lowest BCUT2D eigenvalue weighted by Crippen LogP contribution is -1.78. The van der Waals surface area contributed by atoms with Gasteiger partial charge in [-0.15, -0.1) is 11.3 Å². The Morgan fingerprint density at radius 1 is 1.75 bits per heavy atom. The van der Waals surface area contributed by atoms with Crippen LogP contribution in [-0.2, 0) is 6.42 Å². The Labute approximate surface area is 85.7 Å². The Kier molecular flexibility index (Phi) is 3.95. The SMILES string of the molecule is CCc1cnc(/C=C/C(C)Br)s1. The second-order valence-electron chi connectivity index (χ2n) is 2.56. The van der Waals surface area contributed by atoms with E-state index in [0.717, 1.165) is 11.4 Å². The number of hydrogen-bond donors (Lipinski definition) is 0. The van der Waals surface area contributed by atoms with E-state index >= 15 is 0 Å². The number of aryl methyl sites for hydroxylation is 1. The fourth-order valence-electron chi connectivity index (χ4n) is 0.778. The zero-order chi connectivity index (χ0) is 8.97. The maximum absolute atomic E-state index is 4.27. The second-order valence-corrected chi connectivity index (χ2v) is 5.15. The lowest BCUT2D eigenvalue weighted by atomic mass is 10.4. The Bertz CT molecular complexity index is 265. The van der Waals surface area contributed by atoms with Crippen molar-refractivity contribution in [3.05, 3.63) is 22.2 Å². The van der Waals surface area contributed by atoms with Crippen molar-refractivity contribution in [2.75, 3.05) is 0 Å². The first-order valence-corrected chi connectivity index (χ1v) is 5.72. The molecule has 0 saturated heterocycles. The van der Waals surface area contributed by atoms with Crippen molar-refractivity contribution in [2.24, 2.45) is 0 Å². The average Bonchev–Trinajstić information content (AvgIpc) is 2.48. The Balaban J connectivity index is 2.63. The molecule has 0 aliphatic carbocycles. The molecular weight excluding hydrogens is 234 g/mol. The summed E-state index contributed by atoms with van der Waals surface area (Å²) in [6.07, 6.45) is 7.18. The van der Waals surface area contributed by atoms with Gasteiger partial charge >= 0.3 is 0 Å². The topological polar surface area (TPSA) is 12.9 Å². The van der Waals surface area contributed by atoms with Crippen LogP contribution < -0.4 is 0 Å². The average molecular weight is 246 g/mol. The van der Waals surface area contributed by atoms with E-state index in [4.69, 9.17) is 0 Å². The number of allylic oxidation sites excluding steroid dienone is 1. The molecular formula is C9H12BrNS. The molecule has 0 radical (unpaired) electrons. The molecule has 1 atom stereocenters. The third-order valence-corrected chi connectivity index (χ3v) is 2.84. The molecule has 0 bridgehead atoms. The highest BCUT2D eigenvalue weighted by Gasteiger charge is 1.95. The van der Waals surface area contributed by atoms with Crippen LogP contribution in [0.3, 0.4) is 0 Å². The van der Waals surface area contributed by atoms with E-state index in [9.17, 15) is 0 Å². The van der Waals surface area contributed by atoms with Gasteiger partial charge in [-0.25, -0.2) is 4.98 Å². The maximum atomic E-state index is 4.27. The van der Waals surface area contributed by atoms with Gasteiger partial charge in [-0.2, -0.15) is 0 Å². The molecule has 0 N–H and O–H groups in total. The van der Waals surface area contributed by atoms with E-state index in [-0.39, 0.29) is 0 Å². The Hall–Kier alpha value is -0.150. The fraction of sp³-hybridized carbons (Fsp3) is 0.444. The summed E-state index contributed by atoms with van der Waals surface area (Å²) in [5.41, 5.74) is 0. The lowest BCUT2D eigenvalue weighted by molar-refractivity contribution is 1.17. The molecule has 0 aliphatic rings. The summed E-state index contributed by atoms with van der Waals surface area (Å²) in [5, 5.41) is 1.10. The molecule has 12 heavy (non-hydrogen) atoms. The largest absolute Gasteiger partial charge is 0.245 e. The van der Waals surface area contributed by atoms with E-state index in [2.05, 4.69) is 46.9 Å². The summed E-state index contributed by atoms with van der Waals surface area (Å²) in [7, 11) is 0. The normalized spacial score (nSPS) is 13.9. The molecule has 0 saturated carbocycles. The van der Waals surface area contributed by atoms with Crippen LogP contribution in [0, 0.1) is 0 Å². The van der Waals surface area contributed by atoms with Crippen molar-refractivity contribution < 1.29 is 0 Å². The summed E-state index contributed by atoms with van der Waals surface area (Å²) in [6, 6.07) is 0. The molecule has 1 aromatic rings. The highest BCUT2D eigenvalue weighted by atomic mass is 79.9. The van der Waals surface area contributed by atoms with Crippen LogP contribution >= 0.6 is 27.3 Å². The number of nitrogens with zero attached hydrogens (tertiary/aromatic N) is 1. The van der Waals surface area contributed by atoms with Crippen LogP contribution in [0.15, 0.2) is 12.3 Å². The van der Waals surface area contributed by atoms with Crippen molar-refractivity contribution in [1.82, 2.24) is 4.98 Å².